The summed E-state index contributed by atoms with van der Waals surface area (Å²) in [6.07, 6.45) is 15.8. The van der Waals surface area contributed by atoms with Crippen molar-refractivity contribution in [2.24, 2.45) is 5.92 Å². The zero-order valence-electron chi connectivity index (χ0n) is 25.5. The largest absolute Gasteiger partial charge is 0.493 e. The van der Waals surface area contributed by atoms with Crippen molar-refractivity contribution in [2.45, 2.75) is 104 Å². The predicted octanol–water partition coefficient (Wildman–Crippen LogP) is 8.76. The molecule has 0 heterocycles. The highest BCUT2D eigenvalue weighted by molar-refractivity contribution is 5.71. The monoisotopic (exact) mass is 538 g/mol. The number of unbranched alkanes of at least 4 members (excludes halogenated alkanes) is 9. The highest BCUT2D eigenvalue weighted by atomic mass is 16.5. The minimum atomic E-state index is -0.0815. The summed E-state index contributed by atoms with van der Waals surface area (Å²) in [5.74, 6) is 0.850. The molecule has 2 rings (SSSR count). The summed E-state index contributed by atoms with van der Waals surface area (Å²) in [7, 11) is 4.44. The van der Waals surface area contributed by atoms with Crippen LogP contribution in [0.2, 0.25) is 0 Å². The average Bonchev–Trinajstić information content (AvgIpc) is 2.93. The molecule has 0 spiro atoms. The predicted molar refractivity (Wildman–Crippen MR) is 164 cm³/mol. The SMILES string of the molecule is CCCCCCCCCCCc1ccccc1OCCCCOC(=O)C(C)CC[N+](C)(C)Cc1ccccc1. The number of para-hydroxylation sites is 1. The Morgan fingerprint density at radius 1 is 0.769 bits per heavy atom. The van der Waals surface area contributed by atoms with Gasteiger partial charge in [0, 0.05) is 12.0 Å². The number of nitrogens with zero attached hydrogens (tertiary/aromatic N) is 1. The van der Waals surface area contributed by atoms with Crippen LogP contribution in [-0.4, -0.2) is 44.3 Å². The van der Waals surface area contributed by atoms with Gasteiger partial charge in [-0.05, 0) is 37.3 Å². The standard InChI is InChI=1S/C35H56NO3/c1-5-6-7-8-9-10-11-12-16-23-33-24-17-18-25-34(33)38-28-19-20-29-39-35(37)31(2)26-27-36(3,4)30-32-21-14-13-15-22-32/h13-15,17-18,21-22,24-25,31H,5-12,16,19-20,23,26-30H2,1-4H3/q+1. The van der Waals surface area contributed by atoms with Crippen LogP contribution in [0.1, 0.15) is 102 Å². The number of quaternary nitrogens is 1. The van der Waals surface area contributed by atoms with Crippen molar-refractivity contribution in [3.8, 4) is 5.75 Å². The highest BCUT2D eigenvalue weighted by Crippen LogP contribution is 2.21. The van der Waals surface area contributed by atoms with Crippen molar-refractivity contribution in [2.75, 3.05) is 33.9 Å². The summed E-state index contributed by atoms with van der Waals surface area (Å²) in [6.45, 7) is 7.29. The lowest BCUT2D eigenvalue weighted by atomic mass is 10.0. The molecule has 0 bridgehead atoms. The van der Waals surface area contributed by atoms with Gasteiger partial charge >= 0.3 is 5.97 Å². The van der Waals surface area contributed by atoms with E-state index in [0.29, 0.717) is 13.2 Å². The van der Waals surface area contributed by atoms with E-state index in [1.165, 1.54) is 68.9 Å². The molecule has 39 heavy (non-hydrogen) atoms. The number of rotatable bonds is 22. The first-order valence-corrected chi connectivity index (χ1v) is 15.6. The zero-order valence-corrected chi connectivity index (χ0v) is 25.5. The van der Waals surface area contributed by atoms with Crippen molar-refractivity contribution in [3.05, 3.63) is 65.7 Å². The van der Waals surface area contributed by atoms with Gasteiger partial charge in [0.15, 0.2) is 0 Å². The second kappa shape index (κ2) is 19.7. The van der Waals surface area contributed by atoms with Crippen LogP contribution < -0.4 is 4.74 Å². The van der Waals surface area contributed by atoms with Crippen LogP contribution in [-0.2, 0) is 22.5 Å². The molecule has 0 N–H and O–H groups in total. The third kappa shape index (κ3) is 15.1. The first-order valence-electron chi connectivity index (χ1n) is 15.6. The van der Waals surface area contributed by atoms with Crippen LogP contribution in [0.5, 0.6) is 5.75 Å². The lowest BCUT2D eigenvalue weighted by Crippen LogP contribution is -2.40. The third-order valence-corrected chi connectivity index (χ3v) is 7.59. The third-order valence-electron chi connectivity index (χ3n) is 7.59. The fourth-order valence-electron chi connectivity index (χ4n) is 5.00. The zero-order chi connectivity index (χ0) is 28.2. The van der Waals surface area contributed by atoms with Gasteiger partial charge in [-0.25, -0.2) is 0 Å². The Kier molecular flexibility index (Phi) is 16.6. The van der Waals surface area contributed by atoms with E-state index in [4.69, 9.17) is 9.47 Å². The van der Waals surface area contributed by atoms with E-state index in [9.17, 15) is 4.79 Å². The molecular weight excluding hydrogens is 482 g/mol. The van der Waals surface area contributed by atoms with E-state index >= 15 is 0 Å². The fourth-order valence-corrected chi connectivity index (χ4v) is 5.00. The van der Waals surface area contributed by atoms with Gasteiger partial charge in [0.2, 0.25) is 0 Å². The number of carbonyl (C=O) groups excluding carboxylic acids is 1. The molecule has 2 aromatic rings. The molecule has 218 valence electrons. The van der Waals surface area contributed by atoms with Crippen LogP contribution in [0.25, 0.3) is 0 Å². The smallest absolute Gasteiger partial charge is 0.308 e. The summed E-state index contributed by atoms with van der Waals surface area (Å²) in [4.78, 5) is 12.5. The van der Waals surface area contributed by atoms with Gasteiger partial charge < -0.3 is 14.0 Å². The summed E-state index contributed by atoms with van der Waals surface area (Å²) in [6, 6.07) is 19.0. The highest BCUT2D eigenvalue weighted by Gasteiger charge is 2.21. The number of aryl methyl sites for hydroxylation is 1. The Morgan fingerprint density at radius 3 is 2.10 bits per heavy atom. The van der Waals surface area contributed by atoms with Crippen LogP contribution in [0.3, 0.4) is 0 Å². The van der Waals surface area contributed by atoms with E-state index in [2.05, 4.69) is 69.6 Å². The van der Waals surface area contributed by atoms with Crippen molar-refractivity contribution >= 4 is 5.97 Å². The van der Waals surface area contributed by atoms with E-state index in [-0.39, 0.29) is 11.9 Å². The van der Waals surface area contributed by atoms with Crippen LogP contribution in [0, 0.1) is 5.92 Å². The minimum absolute atomic E-state index is 0.0811. The number of hydrogen-bond donors (Lipinski definition) is 0. The Hall–Kier alpha value is -2.33. The molecule has 0 saturated carbocycles. The molecule has 0 amide bonds. The molecule has 4 heteroatoms. The van der Waals surface area contributed by atoms with Gasteiger partial charge in [0.05, 0.1) is 39.8 Å². The van der Waals surface area contributed by atoms with Gasteiger partial charge in [-0.2, -0.15) is 0 Å². The number of ether oxygens (including phenoxy) is 2. The number of benzene rings is 2. The number of esters is 1. The second-order valence-electron chi connectivity index (χ2n) is 11.9. The van der Waals surface area contributed by atoms with Crippen LogP contribution in [0.4, 0.5) is 0 Å². The van der Waals surface area contributed by atoms with Gasteiger partial charge in [-0.15, -0.1) is 0 Å². The van der Waals surface area contributed by atoms with Crippen molar-refractivity contribution < 1.29 is 18.8 Å². The van der Waals surface area contributed by atoms with Crippen molar-refractivity contribution in [1.82, 2.24) is 0 Å². The molecule has 0 saturated heterocycles. The topological polar surface area (TPSA) is 35.5 Å². The minimum Gasteiger partial charge on any atom is -0.493 e. The number of hydrogen-bond acceptors (Lipinski definition) is 3. The maximum absolute atomic E-state index is 12.5. The quantitative estimate of drug-likeness (QED) is 0.0854. The molecule has 2 aromatic carbocycles. The van der Waals surface area contributed by atoms with E-state index in [0.717, 1.165) is 49.0 Å². The fraction of sp³-hybridized carbons (Fsp3) is 0.629. The van der Waals surface area contributed by atoms with Crippen LogP contribution >= 0.6 is 0 Å². The van der Waals surface area contributed by atoms with Gasteiger partial charge in [-0.1, -0.05) is 114 Å². The second-order valence-corrected chi connectivity index (χ2v) is 11.9. The molecule has 1 unspecified atom stereocenters. The summed E-state index contributed by atoms with van der Waals surface area (Å²) < 4.78 is 12.5. The normalized spacial score (nSPS) is 12.3. The molecule has 0 aliphatic carbocycles. The molecule has 0 aromatic heterocycles. The summed E-state index contributed by atoms with van der Waals surface area (Å²) in [5, 5.41) is 0. The Labute approximate surface area is 239 Å². The Morgan fingerprint density at radius 2 is 1.38 bits per heavy atom. The molecule has 0 radical (unpaired) electrons. The molecule has 0 aliphatic heterocycles. The molecule has 0 fully saturated rings. The molecule has 0 aliphatic rings. The summed E-state index contributed by atoms with van der Waals surface area (Å²) >= 11 is 0. The molecule has 4 nitrogen and oxygen atoms in total. The average molecular weight is 539 g/mol. The van der Waals surface area contributed by atoms with Gasteiger partial charge in [0.25, 0.3) is 0 Å². The molecular formula is C35H56NO3+. The van der Waals surface area contributed by atoms with Gasteiger partial charge in [-0.3, -0.25) is 4.79 Å². The van der Waals surface area contributed by atoms with Crippen molar-refractivity contribution in [1.29, 1.82) is 0 Å². The maximum Gasteiger partial charge on any atom is 0.308 e. The maximum atomic E-state index is 12.5. The van der Waals surface area contributed by atoms with Gasteiger partial charge in [0.1, 0.15) is 12.3 Å². The Bertz CT molecular complexity index is 896. The van der Waals surface area contributed by atoms with E-state index in [1.54, 1.807) is 0 Å². The first-order chi connectivity index (χ1) is 18.9. The molecule has 1 atom stereocenters. The first kappa shape index (κ1) is 32.9. The summed E-state index contributed by atoms with van der Waals surface area (Å²) in [5.41, 5.74) is 2.64. The lowest BCUT2D eigenvalue weighted by molar-refractivity contribution is -0.904. The van der Waals surface area contributed by atoms with E-state index < -0.39 is 0 Å². The number of carbonyl (C=O) groups is 1. The lowest BCUT2D eigenvalue weighted by Gasteiger charge is -2.30. The van der Waals surface area contributed by atoms with Crippen LogP contribution in [0.15, 0.2) is 54.6 Å². The van der Waals surface area contributed by atoms with E-state index in [1.807, 2.05) is 13.0 Å². The van der Waals surface area contributed by atoms with Crippen molar-refractivity contribution in [3.63, 3.8) is 0 Å². The Balaban J connectivity index is 1.55.